The van der Waals surface area contributed by atoms with Gasteiger partial charge >= 0.3 is 0 Å². The van der Waals surface area contributed by atoms with Gasteiger partial charge in [-0.15, -0.1) is 0 Å². The Hall–Kier alpha value is -4.33. The van der Waals surface area contributed by atoms with E-state index in [0.29, 0.717) is 22.9 Å². The summed E-state index contributed by atoms with van der Waals surface area (Å²) in [4.78, 5) is 30.6. The first-order chi connectivity index (χ1) is 15.0. The fourth-order valence-corrected chi connectivity index (χ4v) is 3.25. The second-order valence-corrected chi connectivity index (χ2v) is 6.62. The average molecular weight is 417 g/mol. The van der Waals surface area contributed by atoms with Gasteiger partial charge < -0.3 is 19.9 Å². The molecule has 8 heteroatoms. The number of fused-ring (bicyclic) bond motifs is 1. The number of ether oxygens (including phenoxy) is 2. The topological polar surface area (TPSA) is 103 Å². The summed E-state index contributed by atoms with van der Waals surface area (Å²) in [5.41, 5.74) is 0.0862. The highest BCUT2D eigenvalue weighted by Gasteiger charge is 2.23. The number of nitrogens with one attached hydrogen (secondary N) is 1. The SMILES string of the molecule is COc1ccc(NC(=O)c2c(O)c3cccnc3n(-c3ccc(OC)cc3)c2=O)cc1. The number of hydrogen-bond acceptors (Lipinski definition) is 6. The van der Waals surface area contributed by atoms with Gasteiger partial charge in [0.1, 0.15) is 22.8 Å². The molecule has 0 aliphatic carbocycles. The van der Waals surface area contributed by atoms with E-state index < -0.39 is 17.2 Å². The van der Waals surface area contributed by atoms with Crippen LogP contribution in [0.3, 0.4) is 0 Å². The van der Waals surface area contributed by atoms with Crippen molar-refractivity contribution in [2.24, 2.45) is 0 Å². The van der Waals surface area contributed by atoms with E-state index in [9.17, 15) is 14.7 Å². The Balaban J connectivity index is 1.86. The smallest absolute Gasteiger partial charge is 0.273 e. The van der Waals surface area contributed by atoms with Crippen molar-refractivity contribution in [3.05, 3.63) is 82.8 Å². The number of amides is 1. The molecule has 0 aliphatic heterocycles. The van der Waals surface area contributed by atoms with E-state index in [1.165, 1.54) is 17.9 Å². The van der Waals surface area contributed by atoms with Crippen molar-refractivity contribution >= 4 is 22.6 Å². The minimum atomic E-state index is -0.735. The van der Waals surface area contributed by atoms with Gasteiger partial charge in [-0.3, -0.25) is 14.2 Å². The Bertz CT molecular complexity index is 1310. The van der Waals surface area contributed by atoms with Gasteiger partial charge in [0.25, 0.3) is 11.5 Å². The lowest BCUT2D eigenvalue weighted by Gasteiger charge is -2.14. The van der Waals surface area contributed by atoms with Crippen molar-refractivity contribution in [1.82, 2.24) is 9.55 Å². The van der Waals surface area contributed by atoms with Gasteiger partial charge in [0.2, 0.25) is 0 Å². The molecule has 0 unspecified atom stereocenters. The third-order valence-corrected chi connectivity index (χ3v) is 4.81. The van der Waals surface area contributed by atoms with Crippen LogP contribution in [0, 0.1) is 0 Å². The van der Waals surface area contributed by atoms with Gasteiger partial charge in [0.15, 0.2) is 5.65 Å². The molecule has 2 N–H and O–H groups in total. The Morgan fingerprint density at radius 3 is 2.19 bits per heavy atom. The second-order valence-electron chi connectivity index (χ2n) is 6.62. The van der Waals surface area contributed by atoms with E-state index >= 15 is 0 Å². The highest BCUT2D eigenvalue weighted by molar-refractivity contribution is 6.09. The van der Waals surface area contributed by atoms with Crippen LogP contribution in [0.1, 0.15) is 10.4 Å². The van der Waals surface area contributed by atoms with Crippen LogP contribution in [0.15, 0.2) is 71.7 Å². The molecule has 2 heterocycles. The molecule has 0 spiro atoms. The molecule has 2 aromatic heterocycles. The van der Waals surface area contributed by atoms with E-state index in [-0.39, 0.29) is 16.6 Å². The summed E-state index contributed by atoms with van der Waals surface area (Å²) in [5, 5.41) is 13.7. The Morgan fingerprint density at radius 2 is 1.58 bits per heavy atom. The fraction of sp³-hybridized carbons (Fsp3) is 0.0870. The van der Waals surface area contributed by atoms with Crippen LogP contribution in [0.4, 0.5) is 5.69 Å². The van der Waals surface area contributed by atoms with E-state index in [0.717, 1.165) is 0 Å². The number of carbonyl (C=O) groups is 1. The number of methoxy groups -OCH3 is 2. The zero-order chi connectivity index (χ0) is 22.0. The normalized spacial score (nSPS) is 10.6. The third-order valence-electron chi connectivity index (χ3n) is 4.81. The Morgan fingerprint density at radius 1 is 0.968 bits per heavy atom. The van der Waals surface area contributed by atoms with Gasteiger partial charge in [0.05, 0.1) is 25.3 Å². The summed E-state index contributed by atoms with van der Waals surface area (Å²) < 4.78 is 11.6. The van der Waals surface area contributed by atoms with Gasteiger partial charge in [-0.1, -0.05) is 0 Å². The van der Waals surface area contributed by atoms with Crippen molar-refractivity contribution in [3.63, 3.8) is 0 Å². The maximum atomic E-state index is 13.3. The van der Waals surface area contributed by atoms with Crippen LogP contribution in [-0.4, -0.2) is 34.8 Å². The fourth-order valence-electron chi connectivity index (χ4n) is 3.25. The minimum Gasteiger partial charge on any atom is -0.506 e. The first-order valence-corrected chi connectivity index (χ1v) is 9.36. The molecule has 0 aliphatic rings. The zero-order valence-electron chi connectivity index (χ0n) is 16.8. The van der Waals surface area contributed by atoms with E-state index in [1.807, 2.05) is 0 Å². The number of carbonyl (C=O) groups excluding carboxylic acids is 1. The van der Waals surface area contributed by atoms with Gasteiger partial charge in [-0.2, -0.15) is 0 Å². The average Bonchev–Trinajstić information content (AvgIpc) is 2.80. The molecule has 0 saturated heterocycles. The molecule has 1 amide bonds. The number of aromatic nitrogens is 2. The molecule has 156 valence electrons. The van der Waals surface area contributed by atoms with Crippen LogP contribution in [0.5, 0.6) is 17.2 Å². The number of pyridine rings is 2. The summed E-state index contributed by atoms with van der Waals surface area (Å²) in [6.45, 7) is 0. The van der Waals surface area contributed by atoms with Crippen molar-refractivity contribution < 1.29 is 19.4 Å². The number of hydrogen-bond donors (Lipinski definition) is 2. The van der Waals surface area contributed by atoms with E-state index in [1.54, 1.807) is 67.8 Å². The Labute approximate surface area is 177 Å². The van der Waals surface area contributed by atoms with E-state index in [4.69, 9.17) is 9.47 Å². The highest BCUT2D eigenvalue weighted by Crippen LogP contribution is 2.28. The molecule has 0 fully saturated rings. The number of benzene rings is 2. The lowest BCUT2D eigenvalue weighted by Crippen LogP contribution is -2.29. The predicted molar refractivity (Wildman–Crippen MR) is 117 cm³/mol. The summed E-state index contributed by atoms with van der Waals surface area (Å²) in [6, 6.07) is 16.6. The zero-order valence-corrected chi connectivity index (χ0v) is 16.8. The lowest BCUT2D eigenvalue weighted by atomic mass is 10.1. The quantitative estimate of drug-likeness (QED) is 0.516. The third kappa shape index (κ3) is 3.66. The van der Waals surface area contributed by atoms with Gasteiger partial charge in [0, 0.05) is 11.9 Å². The first kappa shape index (κ1) is 20.0. The molecular weight excluding hydrogens is 398 g/mol. The number of anilines is 1. The second kappa shape index (κ2) is 8.19. The standard InChI is InChI=1S/C23H19N3O5/c1-30-16-9-5-14(6-10-16)25-22(28)19-20(27)18-4-3-13-24-21(18)26(23(19)29)15-7-11-17(31-2)12-8-15/h3-13,27H,1-2H3,(H,25,28). The molecule has 4 aromatic rings. The van der Waals surface area contributed by atoms with Crippen LogP contribution < -0.4 is 20.3 Å². The largest absolute Gasteiger partial charge is 0.506 e. The molecule has 4 rings (SSSR count). The lowest BCUT2D eigenvalue weighted by molar-refractivity contribution is 0.102. The van der Waals surface area contributed by atoms with Crippen LogP contribution in [0.25, 0.3) is 16.7 Å². The molecule has 0 bridgehead atoms. The van der Waals surface area contributed by atoms with Crippen molar-refractivity contribution in [2.75, 3.05) is 19.5 Å². The maximum absolute atomic E-state index is 13.3. The molecule has 2 aromatic carbocycles. The monoisotopic (exact) mass is 417 g/mol. The number of nitrogens with zero attached hydrogens (tertiary/aromatic N) is 2. The Kier molecular flexibility index (Phi) is 5.28. The molecule has 31 heavy (non-hydrogen) atoms. The maximum Gasteiger partial charge on any atom is 0.273 e. The van der Waals surface area contributed by atoms with Crippen LogP contribution in [0.2, 0.25) is 0 Å². The van der Waals surface area contributed by atoms with Crippen molar-refractivity contribution in [1.29, 1.82) is 0 Å². The molecular formula is C23H19N3O5. The van der Waals surface area contributed by atoms with E-state index in [2.05, 4.69) is 10.3 Å². The number of aromatic hydroxyl groups is 1. The highest BCUT2D eigenvalue weighted by atomic mass is 16.5. The molecule has 8 nitrogen and oxygen atoms in total. The molecule has 0 saturated carbocycles. The van der Waals surface area contributed by atoms with Crippen LogP contribution >= 0.6 is 0 Å². The predicted octanol–water partition coefficient (Wildman–Crippen LogP) is 3.36. The van der Waals surface area contributed by atoms with Crippen LogP contribution in [-0.2, 0) is 0 Å². The van der Waals surface area contributed by atoms with Gasteiger partial charge in [-0.25, -0.2) is 4.98 Å². The summed E-state index contributed by atoms with van der Waals surface area (Å²) in [5.74, 6) is 0.0781. The summed E-state index contributed by atoms with van der Waals surface area (Å²) >= 11 is 0. The molecule has 0 radical (unpaired) electrons. The minimum absolute atomic E-state index is 0.233. The van der Waals surface area contributed by atoms with Crippen molar-refractivity contribution in [2.45, 2.75) is 0 Å². The molecule has 0 atom stereocenters. The summed E-state index contributed by atoms with van der Waals surface area (Å²) in [7, 11) is 3.08. The number of rotatable bonds is 5. The summed E-state index contributed by atoms with van der Waals surface area (Å²) in [6.07, 6.45) is 1.51. The first-order valence-electron chi connectivity index (χ1n) is 9.36. The van der Waals surface area contributed by atoms with Crippen molar-refractivity contribution in [3.8, 4) is 22.9 Å². The van der Waals surface area contributed by atoms with Gasteiger partial charge in [-0.05, 0) is 60.7 Å².